The predicted octanol–water partition coefficient (Wildman–Crippen LogP) is 2.49. The molecule has 1 amide bonds. The van der Waals surface area contributed by atoms with Gasteiger partial charge < -0.3 is 14.2 Å². The van der Waals surface area contributed by atoms with Crippen molar-refractivity contribution in [3.05, 3.63) is 18.2 Å². The van der Waals surface area contributed by atoms with Gasteiger partial charge in [0.25, 0.3) is 0 Å². The minimum Gasteiger partial charge on any atom is -0.497 e. The number of anilines is 1. The van der Waals surface area contributed by atoms with Crippen LogP contribution in [0.3, 0.4) is 0 Å². The van der Waals surface area contributed by atoms with Gasteiger partial charge in [-0.3, -0.25) is 5.32 Å². The number of carbonyl (C=O) groups is 1. The fourth-order valence-corrected chi connectivity index (χ4v) is 1.33. The Labute approximate surface area is 116 Å². The molecular formula is C13H14ClNO4. The Bertz CT molecular complexity index is 471. The van der Waals surface area contributed by atoms with Gasteiger partial charge in [0, 0.05) is 18.2 Å². The van der Waals surface area contributed by atoms with Crippen LogP contribution in [0.25, 0.3) is 0 Å². The number of benzene rings is 1. The highest BCUT2D eigenvalue weighted by Gasteiger charge is 2.06. The molecular weight excluding hydrogens is 270 g/mol. The molecule has 0 aliphatic heterocycles. The van der Waals surface area contributed by atoms with E-state index in [-0.39, 0.29) is 12.5 Å². The molecule has 102 valence electrons. The van der Waals surface area contributed by atoms with Gasteiger partial charge in [0.05, 0.1) is 25.8 Å². The molecule has 0 saturated carbocycles. The first-order chi connectivity index (χ1) is 9.19. The molecule has 1 aromatic carbocycles. The summed E-state index contributed by atoms with van der Waals surface area (Å²) < 4.78 is 15.0. The van der Waals surface area contributed by atoms with Crippen LogP contribution in [0, 0.1) is 11.8 Å². The van der Waals surface area contributed by atoms with Crippen LogP contribution in [0.15, 0.2) is 18.2 Å². The third kappa shape index (κ3) is 5.40. The fourth-order valence-electron chi connectivity index (χ4n) is 1.23. The summed E-state index contributed by atoms with van der Waals surface area (Å²) in [5.74, 6) is 6.50. The van der Waals surface area contributed by atoms with Gasteiger partial charge >= 0.3 is 6.09 Å². The first-order valence-electron chi connectivity index (χ1n) is 5.38. The number of halogens is 1. The molecule has 0 fully saturated rings. The van der Waals surface area contributed by atoms with Crippen LogP contribution in [0.2, 0.25) is 0 Å². The lowest BCUT2D eigenvalue weighted by atomic mass is 10.3. The minimum atomic E-state index is -0.612. The number of rotatable bonds is 4. The quantitative estimate of drug-likeness (QED) is 0.681. The zero-order valence-corrected chi connectivity index (χ0v) is 11.4. The van der Waals surface area contributed by atoms with Gasteiger partial charge in [0.1, 0.15) is 11.5 Å². The summed E-state index contributed by atoms with van der Waals surface area (Å²) in [6, 6.07) is 4.99. The number of hydrogen-bond acceptors (Lipinski definition) is 4. The van der Waals surface area contributed by atoms with Crippen LogP contribution in [-0.2, 0) is 4.74 Å². The summed E-state index contributed by atoms with van der Waals surface area (Å²) in [6.45, 7) is -0.0142. The van der Waals surface area contributed by atoms with Gasteiger partial charge in [-0.1, -0.05) is 11.8 Å². The van der Waals surface area contributed by atoms with E-state index in [2.05, 4.69) is 17.2 Å². The molecule has 1 rings (SSSR count). The molecule has 1 aromatic rings. The number of alkyl halides is 1. The lowest BCUT2D eigenvalue weighted by Gasteiger charge is -2.09. The Kier molecular flexibility index (Phi) is 6.41. The van der Waals surface area contributed by atoms with Crippen molar-refractivity contribution in [1.82, 2.24) is 0 Å². The third-order valence-corrected chi connectivity index (χ3v) is 2.20. The second-order valence-electron chi connectivity index (χ2n) is 3.29. The highest BCUT2D eigenvalue weighted by Crippen LogP contribution is 2.25. The van der Waals surface area contributed by atoms with Gasteiger partial charge in [-0.2, -0.15) is 0 Å². The van der Waals surface area contributed by atoms with Crippen LogP contribution >= 0.6 is 11.6 Å². The van der Waals surface area contributed by atoms with Gasteiger partial charge in [-0.05, 0) is 0 Å². The number of hydrogen-bond donors (Lipinski definition) is 1. The Morgan fingerprint density at radius 2 is 1.84 bits per heavy atom. The van der Waals surface area contributed by atoms with E-state index in [1.807, 2.05) is 0 Å². The number of ether oxygens (including phenoxy) is 3. The Morgan fingerprint density at radius 1 is 1.21 bits per heavy atom. The van der Waals surface area contributed by atoms with Crippen molar-refractivity contribution in [1.29, 1.82) is 0 Å². The van der Waals surface area contributed by atoms with Crippen LogP contribution in [-0.4, -0.2) is 32.8 Å². The zero-order valence-electron chi connectivity index (χ0n) is 10.7. The van der Waals surface area contributed by atoms with Gasteiger partial charge in [0.2, 0.25) is 0 Å². The van der Waals surface area contributed by atoms with Crippen LogP contribution in [0.4, 0.5) is 10.5 Å². The van der Waals surface area contributed by atoms with E-state index in [0.717, 1.165) is 0 Å². The maximum absolute atomic E-state index is 11.5. The number of nitrogens with one attached hydrogen (secondary N) is 1. The second-order valence-corrected chi connectivity index (χ2v) is 3.56. The molecule has 0 aliphatic carbocycles. The Hall–Kier alpha value is -2.06. The summed E-state index contributed by atoms with van der Waals surface area (Å²) in [6.07, 6.45) is -0.612. The van der Waals surface area contributed by atoms with E-state index in [9.17, 15) is 4.79 Å². The molecule has 0 aliphatic rings. The monoisotopic (exact) mass is 283 g/mol. The van der Waals surface area contributed by atoms with Crippen molar-refractivity contribution in [2.75, 3.05) is 32.0 Å². The van der Waals surface area contributed by atoms with Gasteiger partial charge in [-0.15, -0.1) is 11.6 Å². The van der Waals surface area contributed by atoms with E-state index in [1.54, 1.807) is 18.2 Å². The molecule has 0 spiro atoms. The molecule has 0 unspecified atom stereocenters. The van der Waals surface area contributed by atoms with Crippen molar-refractivity contribution >= 4 is 23.4 Å². The molecule has 0 aromatic heterocycles. The topological polar surface area (TPSA) is 56.8 Å². The van der Waals surface area contributed by atoms with Crippen molar-refractivity contribution in [2.24, 2.45) is 0 Å². The normalized spacial score (nSPS) is 9.00. The summed E-state index contributed by atoms with van der Waals surface area (Å²) >= 11 is 5.36. The molecule has 5 nitrogen and oxygen atoms in total. The van der Waals surface area contributed by atoms with Crippen molar-refractivity contribution in [3.63, 3.8) is 0 Å². The van der Waals surface area contributed by atoms with Crippen LogP contribution in [0.5, 0.6) is 11.5 Å². The molecule has 0 bridgehead atoms. The summed E-state index contributed by atoms with van der Waals surface area (Å²) in [7, 11) is 3.05. The van der Waals surface area contributed by atoms with Crippen LogP contribution in [0.1, 0.15) is 0 Å². The summed E-state index contributed by atoms with van der Waals surface area (Å²) in [4.78, 5) is 11.5. The van der Waals surface area contributed by atoms with E-state index in [1.165, 1.54) is 14.2 Å². The minimum absolute atomic E-state index is 0.0142. The van der Waals surface area contributed by atoms with Crippen molar-refractivity contribution in [2.45, 2.75) is 0 Å². The number of carbonyl (C=O) groups excluding carboxylic acids is 1. The number of amides is 1. The molecule has 1 N–H and O–H groups in total. The molecule has 0 saturated heterocycles. The average molecular weight is 284 g/mol. The van der Waals surface area contributed by atoms with Gasteiger partial charge in [0.15, 0.2) is 6.61 Å². The predicted molar refractivity (Wildman–Crippen MR) is 73.0 cm³/mol. The maximum atomic E-state index is 11.5. The third-order valence-electron chi connectivity index (χ3n) is 2.07. The van der Waals surface area contributed by atoms with E-state index in [0.29, 0.717) is 17.2 Å². The first-order valence-corrected chi connectivity index (χ1v) is 5.91. The summed E-state index contributed by atoms with van der Waals surface area (Å²) in [5, 5.41) is 2.55. The molecule has 0 radical (unpaired) electrons. The second kappa shape index (κ2) is 8.11. The van der Waals surface area contributed by atoms with E-state index < -0.39 is 6.09 Å². The lowest BCUT2D eigenvalue weighted by Crippen LogP contribution is -2.13. The standard InChI is InChI=1S/C13H14ClNO4/c1-17-11-7-10(8-12(9-11)18-2)15-13(16)19-6-4-3-5-14/h7-9H,5-6H2,1-2H3,(H,15,16). The van der Waals surface area contributed by atoms with Crippen molar-refractivity contribution < 1.29 is 19.0 Å². The van der Waals surface area contributed by atoms with Crippen molar-refractivity contribution in [3.8, 4) is 23.3 Å². The van der Waals surface area contributed by atoms with E-state index in [4.69, 9.17) is 25.8 Å². The molecule has 0 atom stereocenters. The fraction of sp³-hybridized carbons (Fsp3) is 0.308. The highest BCUT2D eigenvalue weighted by molar-refractivity contribution is 6.19. The highest BCUT2D eigenvalue weighted by atomic mass is 35.5. The Balaban J connectivity index is 2.62. The van der Waals surface area contributed by atoms with Gasteiger partial charge in [-0.25, -0.2) is 4.79 Å². The number of methoxy groups -OCH3 is 2. The Morgan fingerprint density at radius 3 is 2.37 bits per heavy atom. The van der Waals surface area contributed by atoms with E-state index >= 15 is 0 Å². The molecule has 6 heteroatoms. The SMILES string of the molecule is COc1cc(NC(=O)OCC#CCCl)cc(OC)c1. The van der Waals surface area contributed by atoms with Crippen LogP contribution < -0.4 is 14.8 Å². The average Bonchev–Trinajstić information content (AvgIpc) is 2.43. The molecule has 0 heterocycles. The summed E-state index contributed by atoms with van der Waals surface area (Å²) in [5.41, 5.74) is 0.506. The maximum Gasteiger partial charge on any atom is 0.412 e. The largest absolute Gasteiger partial charge is 0.497 e. The molecule has 19 heavy (non-hydrogen) atoms. The lowest BCUT2D eigenvalue weighted by molar-refractivity contribution is 0.176. The zero-order chi connectivity index (χ0) is 14.1. The smallest absolute Gasteiger partial charge is 0.412 e. The first kappa shape index (κ1) is 15.0.